The summed E-state index contributed by atoms with van der Waals surface area (Å²) in [5.41, 5.74) is 0.379. The second-order valence-corrected chi connectivity index (χ2v) is 6.25. The number of hydrogen-bond donors (Lipinski definition) is 3. The highest BCUT2D eigenvalue weighted by Crippen LogP contribution is 2.24. The lowest BCUT2D eigenvalue weighted by Crippen LogP contribution is -2.43. The van der Waals surface area contributed by atoms with Gasteiger partial charge < -0.3 is 16.0 Å². The van der Waals surface area contributed by atoms with E-state index in [1.54, 1.807) is 19.1 Å². The Balaban J connectivity index is 1.76. The number of rotatable bonds is 6. The van der Waals surface area contributed by atoms with Crippen molar-refractivity contribution in [3.05, 3.63) is 30.3 Å². The van der Waals surface area contributed by atoms with E-state index in [1.165, 1.54) is 0 Å². The molecule has 6 heteroatoms. The summed E-state index contributed by atoms with van der Waals surface area (Å²) < 4.78 is 0. The standard InChI is InChI=1S/C17H23N3O3/c1-12(16(23)19-13-6-4-3-5-7-13)18-14(21)8-10-17(2)11-9-15(22)20-17/h3-7,12H,8-11H2,1-2H3,(H,18,21)(H,19,23)(H,20,22)/t12-,17-/m1/s1. The number of hydrogen-bond acceptors (Lipinski definition) is 3. The van der Waals surface area contributed by atoms with Gasteiger partial charge in [-0.3, -0.25) is 14.4 Å². The zero-order chi connectivity index (χ0) is 16.9. The van der Waals surface area contributed by atoms with E-state index in [0.717, 1.165) is 6.42 Å². The summed E-state index contributed by atoms with van der Waals surface area (Å²) in [5, 5.41) is 8.33. The van der Waals surface area contributed by atoms with Gasteiger partial charge in [-0.05, 0) is 38.8 Å². The van der Waals surface area contributed by atoms with E-state index in [0.29, 0.717) is 18.5 Å². The van der Waals surface area contributed by atoms with Crippen LogP contribution < -0.4 is 16.0 Å². The van der Waals surface area contributed by atoms with Crippen LogP contribution in [0, 0.1) is 0 Å². The molecule has 1 aromatic rings. The Morgan fingerprint density at radius 3 is 2.61 bits per heavy atom. The summed E-state index contributed by atoms with van der Waals surface area (Å²) >= 11 is 0. The Bertz CT molecular complexity index is 588. The van der Waals surface area contributed by atoms with Crippen molar-refractivity contribution in [1.82, 2.24) is 10.6 Å². The third-order valence-corrected chi connectivity index (χ3v) is 4.06. The first kappa shape index (κ1) is 17.0. The lowest BCUT2D eigenvalue weighted by atomic mass is 9.94. The van der Waals surface area contributed by atoms with Crippen LogP contribution in [0.5, 0.6) is 0 Å². The van der Waals surface area contributed by atoms with E-state index in [-0.39, 0.29) is 29.7 Å². The maximum atomic E-state index is 12.0. The summed E-state index contributed by atoms with van der Waals surface area (Å²) in [7, 11) is 0. The number of para-hydroxylation sites is 1. The maximum absolute atomic E-state index is 12.0. The molecule has 3 N–H and O–H groups in total. The minimum atomic E-state index is -0.617. The number of anilines is 1. The van der Waals surface area contributed by atoms with Crippen molar-refractivity contribution in [1.29, 1.82) is 0 Å². The quantitative estimate of drug-likeness (QED) is 0.744. The molecule has 1 heterocycles. The van der Waals surface area contributed by atoms with Crippen LogP contribution in [0.15, 0.2) is 30.3 Å². The SMILES string of the molecule is C[C@@H](NC(=O)CC[C@]1(C)CCC(=O)N1)C(=O)Nc1ccccc1. The number of nitrogens with one attached hydrogen (secondary N) is 3. The molecule has 1 aliphatic heterocycles. The molecule has 1 fully saturated rings. The number of carbonyl (C=O) groups is 3. The zero-order valence-corrected chi connectivity index (χ0v) is 13.5. The minimum absolute atomic E-state index is 0.0310. The summed E-state index contributed by atoms with van der Waals surface area (Å²) in [4.78, 5) is 35.3. The third-order valence-electron chi connectivity index (χ3n) is 4.06. The molecule has 0 aliphatic carbocycles. The highest BCUT2D eigenvalue weighted by molar-refractivity contribution is 5.96. The normalized spacial score (nSPS) is 21.4. The topological polar surface area (TPSA) is 87.3 Å². The molecule has 2 rings (SSSR count). The first-order chi connectivity index (χ1) is 10.9. The Morgan fingerprint density at radius 2 is 2.00 bits per heavy atom. The fraction of sp³-hybridized carbons (Fsp3) is 0.471. The molecule has 1 saturated heterocycles. The van der Waals surface area contributed by atoms with Crippen LogP contribution in [0.2, 0.25) is 0 Å². The zero-order valence-electron chi connectivity index (χ0n) is 13.5. The van der Waals surface area contributed by atoms with Gasteiger partial charge in [0.25, 0.3) is 0 Å². The van der Waals surface area contributed by atoms with Crippen LogP contribution >= 0.6 is 0 Å². The molecule has 124 valence electrons. The van der Waals surface area contributed by atoms with E-state index in [1.807, 2.05) is 25.1 Å². The molecule has 0 spiro atoms. The molecule has 0 saturated carbocycles. The average molecular weight is 317 g/mol. The fourth-order valence-corrected chi connectivity index (χ4v) is 2.58. The second-order valence-electron chi connectivity index (χ2n) is 6.25. The molecule has 2 atom stereocenters. The van der Waals surface area contributed by atoms with Gasteiger partial charge >= 0.3 is 0 Å². The number of benzene rings is 1. The molecular weight excluding hydrogens is 294 g/mol. The van der Waals surface area contributed by atoms with E-state index in [9.17, 15) is 14.4 Å². The van der Waals surface area contributed by atoms with E-state index >= 15 is 0 Å². The molecule has 0 bridgehead atoms. The van der Waals surface area contributed by atoms with Crippen molar-refractivity contribution in [3.8, 4) is 0 Å². The predicted octanol–water partition coefficient (Wildman–Crippen LogP) is 1.58. The van der Waals surface area contributed by atoms with Gasteiger partial charge in [0.1, 0.15) is 6.04 Å². The monoisotopic (exact) mass is 317 g/mol. The van der Waals surface area contributed by atoms with Gasteiger partial charge in [0.2, 0.25) is 17.7 Å². The van der Waals surface area contributed by atoms with Gasteiger partial charge in [0.05, 0.1) is 0 Å². The fourth-order valence-electron chi connectivity index (χ4n) is 2.58. The lowest BCUT2D eigenvalue weighted by molar-refractivity contribution is -0.126. The molecule has 0 aromatic heterocycles. The molecule has 1 aliphatic rings. The highest BCUT2D eigenvalue weighted by atomic mass is 16.2. The second kappa shape index (κ2) is 7.26. The minimum Gasteiger partial charge on any atom is -0.351 e. The van der Waals surface area contributed by atoms with Gasteiger partial charge in [0.15, 0.2) is 0 Å². The molecule has 0 radical (unpaired) electrons. The number of amides is 3. The summed E-state index contributed by atoms with van der Waals surface area (Å²) in [5.74, 6) is -0.420. The predicted molar refractivity (Wildman–Crippen MR) is 87.7 cm³/mol. The van der Waals surface area contributed by atoms with Crippen molar-refractivity contribution in [2.75, 3.05) is 5.32 Å². The van der Waals surface area contributed by atoms with Crippen molar-refractivity contribution < 1.29 is 14.4 Å². The van der Waals surface area contributed by atoms with Gasteiger partial charge in [0, 0.05) is 24.1 Å². The van der Waals surface area contributed by atoms with Crippen LogP contribution in [-0.2, 0) is 14.4 Å². The summed E-state index contributed by atoms with van der Waals surface area (Å²) in [6.45, 7) is 3.59. The van der Waals surface area contributed by atoms with E-state index in [2.05, 4.69) is 16.0 Å². The molecule has 1 aromatic carbocycles. The van der Waals surface area contributed by atoms with Crippen molar-refractivity contribution in [3.63, 3.8) is 0 Å². The Labute approximate surface area is 136 Å². The van der Waals surface area contributed by atoms with Crippen molar-refractivity contribution in [2.45, 2.75) is 51.1 Å². The van der Waals surface area contributed by atoms with Crippen molar-refractivity contribution in [2.24, 2.45) is 0 Å². The van der Waals surface area contributed by atoms with Gasteiger partial charge in [-0.15, -0.1) is 0 Å². The first-order valence-corrected chi connectivity index (χ1v) is 7.84. The smallest absolute Gasteiger partial charge is 0.246 e. The van der Waals surface area contributed by atoms with E-state index < -0.39 is 6.04 Å². The lowest BCUT2D eigenvalue weighted by Gasteiger charge is -2.23. The van der Waals surface area contributed by atoms with Crippen LogP contribution in [0.25, 0.3) is 0 Å². The molecule has 6 nitrogen and oxygen atoms in total. The summed E-state index contributed by atoms with van der Waals surface area (Å²) in [6.07, 6.45) is 2.09. The largest absolute Gasteiger partial charge is 0.351 e. The van der Waals surface area contributed by atoms with E-state index in [4.69, 9.17) is 0 Å². The maximum Gasteiger partial charge on any atom is 0.246 e. The van der Waals surface area contributed by atoms with Gasteiger partial charge in [-0.25, -0.2) is 0 Å². The third kappa shape index (κ3) is 5.09. The van der Waals surface area contributed by atoms with Crippen LogP contribution in [0.1, 0.15) is 39.5 Å². The Morgan fingerprint density at radius 1 is 1.30 bits per heavy atom. The van der Waals surface area contributed by atoms with Crippen LogP contribution in [0.4, 0.5) is 5.69 Å². The molecule has 3 amide bonds. The molecule has 23 heavy (non-hydrogen) atoms. The molecular formula is C17H23N3O3. The van der Waals surface area contributed by atoms with Gasteiger partial charge in [-0.2, -0.15) is 0 Å². The Hall–Kier alpha value is -2.37. The molecule has 0 unspecified atom stereocenters. The number of carbonyl (C=O) groups excluding carboxylic acids is 3. The summed E-state index contributed by atoms with van der Waals surface area (Å²) in [6, 6.07) is 8.48. The van der Waals surface area contributed by atoms with Crippen molar-refractivity contribution >= 4 is 23.4 Å². The van der Waals surface area contributed by atoms with Crippen LogP contribution in [0.3, 0.4) is 0 Å². The van der Waals surface area contributed by atoms with Gasteiger partial charge in [-0.1, -0.05) is 18.2 Å². The van der Waals surface area contributed by atoms with Crippen LogP contribution in [-0.4, -0.2) is 29.3 Å². The first-order valence-electron chi connectivity index (χ1n) is 7.84. The Kier molecular flexibility index (Phi) is 5.36. The average Bonchev–Trinajstić information content (AvgIpc) is 2.86. The highest BCUT2D eigenvalue weighted by Gasteiger charge is 2.33.